The maximum absolute atomic E-state index is 9.96. The van der Waals surface area contributed by atoms with Crippen LogP contribution in [0.25, 0.3) is 0 Å². The molecule has 0 heterocycles. The van der Waals surface area contributed by atoms with Crippen molar-refractivity contribution in [3.63, 3.8) is 0 Å². The van der Waals surface area contributed by atoms with Crippen molar-refractivity contribution in [2.24, 2.45) is 11.8 Å². The van der Waals surface area contributed by atoms with Gasteiger partial charge in [-0.15, -0.1) is 0 Å². The van der Waals surface area contributed by atoms with Crippen LogP contribution in [0.15, 0.2) is 0 Å². The Hall–Kier alpha value is -0.0800. The average Bonchev–Trinajstić information content (AvgIpc) is 2.22. The first kappa shape index (κ1) is 13.9. The standard InChI is InChI=1S/C12H26O2/c1-4-10(5-2)9-12(14)11(6-3)7-8-13/h10-14H,4-9H2,1-3H3. The number of aliphatic hydroxyl groups is 2. The van der Waals surface area contributed by atoms with Gasteiger partial charge in [0.15, 0.2) is 0 Å². The molecule has 0 rings (SSSR count). The Bertz CT molecular complexity index is 121. The van der Waals surface area contributed by atoms with Crippen molar-refractivity contribution in [3.05, 3.63) is 0 Å². The van der Waals surface area contributed by atoms with E-state index in [4.69, 9.17) is 5.11 Å². The van der Waals surface area contributed by atoms with Crippen LogP contribution in [-0.2, 0) is 0 Å². The monoisotopic (exact) mass is 202 g/mol. The molecule has 0 aliphatic heterocycles. The van der Waals surface area contributed by atoms with Crippen molar-refractivity contribution in [3.8, 4) is 0 Å². The van der Waals surface area contributed by atoms with Crippen molar-refractivity contribution in [1.82, 2.24) is 0 Å². The molecule has 0 aliphatic rings. The first-order valence-electron chi connectivity index (χ1n) is 5.98. The molecule has 2 unspecified atom stereocenters. The predicted molar refractivity (Wildman–Crippen MR) is 60.2 cm³/mol. The van der Waals surface area contributed by atoms with E-state index in [9.17, 15) is 5.11 Å². The van der Waals surface area contributed by atoms with Gasteiger partial charge in [-0.2, -0.15) is 0 Å². The smallest absolute Gasteiger partial charge is 0.0571 e. The molecule has 0 aromatic rings. The Labute approximate surface area is 88.3 Å². The third-order valence-electron chi connectivity index (χ3n) is 3.30. The summed E-state index contributed by atoms with van der Waals surface area (Å²) in [6.07, 6.45) is 4.65. The topological polar surface area (TPSA) is 40.5 Å². The molecule has 2 atom stereocenters. The second-order valence-corrected chi connectivity index (χ2v) is 4.17. The molecule has 0 bridgehead atoms. The van der Waals surface area contributed by atoms with Crippen molar-refractivity contribution in [2.45, 2.75) is 59.0 Å². The van der Waals surface area contributed by atoms with Gasteiger partial charge in [0.2, 0.25) is 0 Å². The van der Waals surface area contributed by atoms with E-state index in [1.54, 1.807) is 0 Å². The number of rotatable bonds is 8. The second kappa shape index (κ2) is 8.25. The zero-order chi connectivity index (χ0) is 11.0. The molecular formula is C12H26O2. The van der Waals surface area contributed by atoms with E-state index < -0.39 is 0 Å². The molecule has 0 fully saturated rings. The van der Waals surface area contributed by atoms with E-state index in [0.29, 0.717) is 5.92 Å². The van der Waals surface area contributed by atoms with E-state index >= 15 is 0 Å². The van der Waals surface area contributed by atoms with E-state index in [2.05, 4.69) is 20.8 Å². The average molecular weight is 202 g/mol. The van der Waals surface area contributed by atoms with Crippen molar-refractivity contribution in [2.75, 3.05) is 6.61 Å². The molecule has 0 aromatic heterocycles. The molecular weight excluding hydrogens is 176 g/mol. The molecule has 2 N–H and O–H groups in total. The molecule has 0 radical (unpaired) electrons. The lowest BCUT2D eigenvalue weighted by Crippen LogP contribution is -2.23. The van der Waals surface area contributed by atoms with Gasteiger partial charge < -0.3 is 10.2 Å². The van der Waals surface area contributed by atoms with Gasteiger partial charge in [-0.1, -0.05) is 40.0 Å². The Morgan fingerprint density at radius 2 is 1.57 bits per heavy atom. The summed E-state index contributed by atoms with van der Waals surface area (Å²) < 4.78 is 0. The highest BCUT2D eigenvalue weighted by Gasteiger charge is 2.19. The fraction of sp³-hybridized carbons (Fsp3) is 1.00. The molecule has 0 amide bonds. The molecule has 0 aliphatic carbocycles. The van der Waals surface area contributed by atoms with E-state index in [1.807, 2.05) is 0 Å². The van der Waals surface area contributed by atoms with E-state index in [0.717, 1.165) is 32.1 Å². The first-order chi connectivity index (χ1) is 6.69. The van der Waals surface area contributed by atoms with Crippen LogP contribution in [0.4, 0.5) is 0 Å². The fourth-order valence-electron chi connectivity index (χ4n) is 1.99. The lowest BCUT2D eigenvalue weighted by molar-refractivity contribution is 0.0636. The molecule has 0 spiro atoms. The molecule has 0 aromatic carbocycles. The molecule has 86 valence electrons. The third kappa shape index (κ3) is 4.97. The summed E-state index contributed by atoms with van der Waals surface area (Å²) in [5.41, 5.74) is 0. The van der Waals surface area contributed by atoms with Crippen LogP contribution in [0.3, 0.4) is 0 Å². The van der Waals surface area contributed by atoms with Crippen molar-refractivity contribution < 1.29 is 10.2 Å². The maximum Gasteiger partial charge on any atom is 0.0571 e. The van der Waals surface area contributed by atoms with Gasteiger partial charge in [-0.3, -0.25) is 0 Å². The van der Waals surface area contributed by atoms with Crippen LogP contribution in [-0.4, -0.2) is 22.9 Å². The zero-order valence-electron chi connectivity index (χ0n) is 9.87. The minimum Gasteiger partial charge on any atom is -0.396 e. The van der Waals surface area contributed by atoms with Crippen LogP contribution in [0.2, 0.25) is 0 Å². The minimum absolute atomic E-state index is 0.193. The highest BCUT2D eigenvalue weighted by atomic mass is 16.3. The molecule has 2 nitrogen and oxygen atoms in total. The first-order valence-corrected chi connectivity index (χ1v) is 5.98. The normalized spacial score (nSPS) is 15.9. The van der Waals surface area contributed by atoms with Crippen LogP contribution < -0.4 is 0 Å². The summed E-state index contributed by atoms with van der Waals surface area (Å²) >= 11 is 0. The quantitative estimate of drug-likeness (QED) is 0.635. The molecule has 0 saturated heterocycles. The highest BCUT2D eigenvalue weighted by Crippen LogP contribution is 2.22. The largest absolute Gasteiger partial charge is 0.396 e. The van der Waals surface area contributed by atoms with Crippen LogP contribution in [0.5, 0.6) is 0 Å². The predicted octanol–water partition coefficient (Wildman–Crippen LogP) is 2.58. The van der Waals surface area contributed by atoms with Gasteiger partial charge in [-0.05, 0) is 24.7 Å². The third-order valence-corrected chi connectivity index (χ3v) is 3.30. The fourth-order valence-corrected chi connectivity index (χ4v) is 1.99. The second-order valence-electron chi connectivity index (χ2n) is 4.17. The molecule has 0 saturated carbocycles. The summed E-state index contributed by atoms with van der Waals surface area (Å²) in [4.78, 5) is 0. The summed E-state index contributed by atoms with van der Waals surface area (Å²) in [6, 6.07) is 0. The lowest BCUT2D eigenvalue weighted by Gasteiger charge is -2.24. The summed E-state index contributed by atoms with van der Waals surface area (Å²) in [5, 5.41) is 18.8. The van der Waals surface area contributed by atoms with E-state index in [-0.39, 0.29) is 18.6 Å². The number of aliphatic hydroxyl groups excluding tert-OH is 2. The SMILES string of the molecule is CCC(CC)CC(O)C(CC)CCO. The van der Waals surface area contributed by atoms with Crippen LogP contribution in [0.1, 0.15) is 52.9 Å². The number of hydrogen-bond donors (Lipinski definition) is 2. The van der Waals surface area contributed by atoms with Gasteiger partial charge in [0.25, 0.3) is 0 Å². The molecule has 14 heavy (non-hydrogen) atoms. The highest BCUT2D eigenvalue weighted by molar-refractivity contribution is 4.71. The zero-order valence-corrected chi connectivity index (χ0v) is 9.87. The van der Waals surface area contributed by atoms with Gasteiger partial charge >= 0.3 is 0 Å². The summed E-state index contributed by atoms with van der Waals surface area (Å²) in [5.74, 6) is 0.915. The van der Waals surface area contributed by atoms with Gasteiger partial charge in [0, 0.05) is 6.61 Å². The van der Waals surface area contributed by atoms with Gasteiger partial charge in [0.05, 0.1) is 6.10 Å². The Kier molecular flexibility index (Phi) is 8.20. The van der Waals surface area contributed by atoms with E-state index in [1.165, 1.54) is 0 Å². The van der Waals surface area contributed by atoms with Crippen LogP contribution >= 0.6 is 0 Å². The summed E-state index contributed by atoms with van der Waals surface area (Å²) in [7, 11) is 0. The van der Waals surface area contributed by atoms with Gasteiger partial charge in [-0.25, -0.2) is 0 Å². The Morgan fingerprint density at radius 3 is 1.93 bits per heavy atom. The Balaban J connectivity index is 3.94. The molecule has 2 heteroatoms. The van der Waals surface area contributed by atoms with Crippen LogP contribution in [0, 0.1) is 11.8 Å². The van der Waals surface area contributed by atoms with Crippen molar-refractivity contribution in [1.29, 1.82) is 0 Å². The lowest BCUT2D eigenvalue weighted by atomic mass is 9.87. The van der Waals surface area contributed by atoms with Gasteiger partial charge in [0.1, 0.15) is 0 Å². The van der Waals surface area contributed by atoms with Crippen molar-refractivity contribution >= 4 is 0 Å². The number of hydrogen-bond acceptors (Lipinski definition) is 2. The summed E-state index contributed by atoms with van der Waals surface area (Å²) in [6.45, 7) is 6.62. The minimum atomic E-state index is -0.225. The Morgan fingerprint density at radius 1 is 1.00 bits per heavy atom. The maximum atomic E-state index is 9.96.